The van der Waals surface area contributed by atoms with E-state index in [2.05, 4.69) is 23.1 Å². The largest absolute Gasteiger partial charge is 0.340 e. The Morgan fingerprint density at radius 3 is 3.23 bits per heavy atom. The van der Waals surface area contributed by atoms with Gasteiger partial charge in [0.25, 0.3) is 0 Å². The second kappa shape index (κ2) is 3.62. The monoisotopic (exact) mass is 193 g/mol. The third-order valence-electron chi connectivity index (χ3n) is 2.87. The lowest BCUT2D eigenvalue weighted by Crippen LogP contribution is -2.36. The van der Waals surface area contributed by atoms with E-state index >= 15 is 0 Å². The minimum Gasteiger partial charge on any atom is -0.340 e. The molecule has 1 unspecified atom stereocenters. The highest BCUT2D eigenvalue weighted by atomic mass is 32.1. The van der Waals surface area contributed by atoms with Crippen molar-refractivity contribution in [2.75, 3.05) is 6.54 Å². The highest BCUT2D eigenvalue weighted by molar-refractivity contribution is 7.80. The maximum absolute atomic E-state index is 5.24. The van der Waals surface area contributed by atoms with Crippen LogP contribution in [0.4, 0.5) is 0 Å². The molecule has 0 aromatic carbocycles. The Morgan fingerprint density at radius 1 is 1.62 bits per heavy atom. The Labute approximate surface area is 85.1 Å². The lowest BCUT2D eigenvalue weighted by atomic mass is 9.88. The number of likely N-dealkylation sites (tertiary alicyclic amines) is 1. The number of hydrogen-bond donors (Lipinski definition) is 0. The molecule has 1 heterocycles. The van der Waals surface area contributed by atoms with Crippen molar-refractivity contribution in [2.24, 2.45) is 5.92 Å². The number of hydrogen-bond acceptors (Lipinski definition) is 1. The van der Waals surface area contributed by atoms with Gasteiger partial charge in [0.05, 0.1) is 4.99 Å². The van der Waals surface area contributed by atoms with Crippen LogP contribution in [0.5, 0.6) is 0 Å². The second-order valence-electron chi connectivity index (χ2n) is 3.77. The van der Waals surface area contributed by atoms with Crippen molar-refractivity contribution in [1.29, 1.82) is 0 Å². The van der Waals surface area contributed by atoms with E-state index < -0.39 is 0 Å². The van der Waals surface area contributed by atoms with Gasteiger partial charge in [-0.1, -0.05) is 24.4 Å². The van der Waals surface area contributed by atoms with E-state index in [1.807, 2.05) is 6.92 Å². The fraction of sp³-hybridized carbons (Fsp3) is 0.545. The standard InChI is InChI=1S/C11H15NS/c1-9(13)12-8-4-6-10-5-2-3-7-11(10)12/h2-3,7,10H,4-6,8H2,1H3. The molecule has 1 aliphatic heterocycles. The summed E-state index contributed by atoms with van der Waals surface area (Å²) in [5.74, 6) is 0.733. The van der Waals surface area contributed by atoms with Gasteiger partial charge < -0.3 is 4.90 Å². The van der Waals surface area contributed by atoms with E-state index in [4.69, 9.17) is 12.2 Å². The Hall–Kier alpha value is -0.630. The van der Waals surface area contributed by atoms with Crippen LogP contribution in [0, 0.1) is 5.92 Å². The van der Waals surface area contributed by atoms with Crippen molar-refractivity contribution in [1.82, 2.24) is 4.90 Å². The molecule has 0 saturated carbocycles. The van der Waals surface area contributed by atoms with E-state index in [1.165, 1.54) is 25.0 Å². The zero-order valence-corrected chi connectivity index (χ0v) is 8.81. The molecule has 0 spiro atoms. The Balaban J connectivity index is 2.24. The zero-order valence-electron chi connectivity index (χ0n) is 7.99. The average Bonchev–Trinajstić information content (AvgIpc) is 2.17. The summed E-state index contributed by atoms with van der Waals surface area (Å²) in [7, 11) is 0. The molecule has 0 aromatic heterocycles. The molecule has 1 fully saturated rings. The van der Waals surface area contributed by atoms with Gasteiger partial charge in [-0.15, -0.1) is 0 Å². The summed E-state index contributed by atoms with van der Waals surface area (Å²) in [4.78, 5) is 3.32. The molecule has 70 valence electrons. The summed E-state index contributed by atoms with van der Waals surface area (Å²) >= 11 is 5.24. The van der Waals surface area contributed by atoms with E-state index in [1.54, 1.807) is 0 Å². The summed E-state index contributed by atoms with van der Waals surface area (Å²) in [6, 6.07) is 0. The minimum atomic E-state index is 0.733. The predicted molar refractivity (Wildman–Crippen MR) is 59.5 cm³/mol. The predicted octanol–water partition coefficient (Wildman–Crippen LogP) is 2.89. The van der Waals surface area contributed by atoms with Gasteiger partial charge in [0.15, 0.2) is 0 Å². The molecule has 0 radical (unpaired) electrons. The highest BCUT2D eigenvalue weighted by Gasteiger charge is 2.25. The molecule has 0 aromatic rings. The molecule has 1 saturated heterocycles. The normalized spacial score (nSPS) is 26.7. The first-order chi connectivity index (χ1) is 6.29. The van der Waals surface area contributed by atoms with Gasteiger partial charge in [-0.05, 0) is 32.3 Å². The van der Waals surface area contributed by atoms with Gasteiger partial charge in [-0.2, -0.15) is 0 Å². The molecule has 1 atom stereocenters. The quantitative estimate of drug-likeness (QED) is 0.544. The number of piperidine rings is 1. The van der Waals surface area contributed by atoms with Crippen LogP contribution in [0.3, 0.4) is 0 Å². The van der Waals surface area contributed by atoms with Crippen molar-refractivity contribution in [3.63, 3.8) is 0 Å². The minimum absolute atomic E-state index is 0.733. The molecular formula is C11H15NS. The van der Waals surface area contributed by atoms with Gasteiger partial charge >= 0.3 is 0 Å². The molecule has 1 nitrogen and oxygen atoms in total. The maximum Gasteiger partial charge on any atom is 0.0789 e. The van der Waals surface area contributed by atoms with E-state index in [0.29, 0.717) is 0 Å². The Bertz CT molecular complexity index is 278. The topological polar surface area (TPSA) is 3.24 Å². The van der Waals surface area contributed by atoms with Gasteiger partial charge in [0.2, 0.25) is 0 Å². The van der Waals surface area contributed by atoms with Crippen LogP contribution in [0.25, 0.3) is 0 Å². The van der Waals surface area contributed by atoms with Gasteiger partial charge in [0.1, 0.15) is 0 Å². The molecule has 13 heavy (non-hydrogen) atoms. The van der Waals surface area contributed by atoms with Crippen LogP contribution in [0.15, 0.2) is 23.9 Å². The van der Waals surface area contributed by atoms with E-state index in [0.717, 1.165) is 17.5 Å². The number of allylic oxidation sites excluding steroid dienone is 4. The van der Waals surface area contributed by atoms with Gasteiger partial charge in [-0.3, -0.25) is 0 Å². The first kappa shape index (κ1) is 8.95. The van der Waals surface area contributed by atoms with E-state index in [-0.39, 0.29) is 0 Å². The summed E-state index contributed by atoms with van der Waals surface area (Å²) < 4.78 is 0. The summed E-state index contributed by atoms with van der Waals surface area (Å²) in [6.07, 6.45) is 10.5. The lowest BCUT2D eigenvalue weighted by molar-refractivity contribution is 0.332. The number of nitrogens with zero attached hydrogens (tertiary/aromatic N) is 1. The zero-order chi connectivity index (χ0) is 9.26. The van der Waals surface area contributed by atoms with Crippen LogP contribution < -0.4 is 0 Å². The highest BCUT2D eigenvalue weighted by Crippen LogP contribution is 2.32. The lowest BCUT2D eigenvalue weighted by Gasteiger charge is -2.37. The fourth-order valence-corrected chi connectivity index (χ4v) is 2.40. The molecule has 0 bridgehead atoms. The molecule has 0 amide bonds. The molecule has 1 aliphatic carbocycles. The first-order valence-electron chi connectivity index (χ1n) is 4.94. The smallest absolute Gasteiger partial charge is 0.0789 e. The molecular weight excluding hydrogens is 178 g/mol. The van der Waals surface area contributed by atoms with Crippen molar-refractivity contribution in [3.05, 3.63) is 23.9 Å². The summed E-state index contributed by atoms with van der Waals surface area (Å²) in [5, 5.41) is 0. The summed E-state index contributed by atoms with van der Waals surface area (Å²) in [5.41, 5.74) is 1.45. The van der Waals surface area contributed by atoms with Gasteiger partial charge in [-0.25, -0.2) is 0 Å². The Morgan fingerprint density at radius 2 is 2.46 bits per heavy atom. The van der Waals surface area contributed by atoms with Crippen molar-refractivity contribution >= 4 is 17.2 Å². The SMILES string of the molecule is CC(=S)N1CCCC2CC=CC=C21. The maximum atomic E-state index is 5.24. The third kappa shape index (κ3) is 1.68. The second-order valence-corrected chi connectivity index (χ2v) is 4.36. The molecule has 2 aliphatic rings. The van der Waals surface area contributed by atoms with Crippen LogP contribution in [0.2, 0.25) is 0 Å². The fourth-order valence-electron chi connectivity index (χ4n) is 2.21. The molecule has 2 heteroatoms. The van der Waals surface area contributed by atoms with Crippen molar-refractivity contribution in [3.8, 4) is 0 Å². The van der Waals surface area contributed by atoms with Crippen LogP contribution in [-0.4, -0.2) is 16.4 Å². The number of thiocarbonyl (C=S) groups is 1. The number of fused-ring (bicyclic) bond motifs is 1. The molecule has 0 N–H and O–H groups in total. The van der Waals surface area contributed by atoms with Crippen molar-refractivity contribution in [2.45, 2.75) is 26.2 Å². The van der Waals surface area contributed by atoms with Crippen LogP contribution in [0.1, 0.15) is 26.2 Å². The molecule has 2 rings (SSSR count). The average molecular weight is 193 g/mol. The van der Waals surface area contributed by atoms with E-state index in [9.17, 15) is 0 Å². The van der Waals surface area contributed by atoms with Crippen LogP contribution in [-0.2, 0) is 0 Å². The van der Waals surface area contributed by atoms with Crippen molar-refractivity contribution < 1.29 is 0 Å². The third-order valence-corrected chi connectivity index (χ3v) is 3.09. The Kier molecular flexibility index (Phi) is 2.49. The van der Waals surface area contributed by atoms with Crippen LogP contribution >= 0.6 is 12.2 Å². The first-order valence-corrected chi connectivity index (χ1v) is 5.34. The number of rotatable bonds is 0. The summed E-state index contributed by atoms with van der Waals surface area (Å²) in [6.45, 7) is 3.14. The van der Waals surface area contributed by atoms with Gasteiger partial charge in [0, 0.05) is 18.2 Å².